The Morgan fingerprint density at radius 2 is 2.19 bits per heavy atom. The molecule has 1 aliphatic rings. The molecule has 1 amide bonds. The van der Waals surface area contributed by atoms with E-state index in [2.05, 4.69) is 5.32 Å². The van der Waals surface area contributed by atoms with E-state index in [1.807, 2.05) is 0 Å². The van der Waals surface area contributed by atoms with Gasteiger partial charge in [0.2, 0.25) is 0 Å². The fourth-order valence-corrected chi connectivity index (χ4v) is 2.94. The number of carbonyl (C=O) groups excluding carboxylic acids is 1. The van der Waals surface area contributed by atoms with Crippen LogP contribution in [0, 0.1) is 0 Å². The van der Waals surface area contributed by atoms with Crippen molar-refractivity contribution in [2.75, 3.05) is 6.54 Å². The molecular formula is C11H14ClNO2S. The number of amides is 1. The summed E-state index contributed by atoms with van der Waals surface area (Å²) in [5.74, 6) is -0.155. The molecule has 0 aliphatic heterocycles. The van der Waals surface area contributed by atoms with Crippen molar-refractivity contribution in [1.82, 2.24) is 5.32 Å². The van der Waals surface area contributed by atoms with Crippen LogP contribution >= 0.6 is 22.9 Å². The maximum atomic E-state index is 11.7. The molecule has 0 atom stereocenters. The van der Waals surface area contributed by atoms with Crippen molar-refractivity contribution in [2.45, 2.75) is 31.3 Å². The van der Waals surface area contributed by atoms with Gasteiger partial charge in [0.15, 0.2) is 0 Å². The van der Waals surface area contributed by atoms with Crippen LogP contribution in [0.4, 0.5) is 0 Å². The highest BCUT2D eigenvalue weighted by atomic mass is 35.5. The van der Waals surface area contributed by atoms with E-state index >= 15 is 0 Å². The van der Waals surface area contributed by atoms with Crippen LogP contribution in [0.2, 0.25) is 4.34 Å². The van der Waals surface area contributed by atoms with E-state index in [9.17, 15) is 9.90 Å². The second-order valence-electron chi connectivity index (χ2n) is 4.22. The van der Waals surface area contributed by atoms with Crippen LogP contribution in [0.5, 0.6) is 0 Å². The van der Waals surface area contributed by atoms with E-state index in [4.69, 9.17) is 11.6 Å². The third-order valence-corrected chi connectivity index (χ3v) is 4.14. The Labute approximate surface area is 103 Å². The lowest BCUT2D eigenvalue weighted by molar-refractivity contribution is 0.0450. The molecule has 88 valence electrons. The van der Waals surface area contributed by atoms with Crippen LogP contribution in [-0.4, -0.2) is 23.2 Å². The predicted octanol–water partition coefficient (Wildman–Crippen LogP) is 2.44. The van der Waals surface area contributed by atoms with Gasteiger partial charge in [0.25, 0.3) is 5.91 Å². The third-order valence-electron chi connectivity index (χ3n) is 2.91. The summed E-state index contributed by atoms with van der Waals surface area (Å²) >= 11 is 7.00. The zero-order valence-corrected chi connectivity index (χ0v) is 10.4. The molecule has 1 aromatic heterocycles. The maximum Gasteiger partial charge on any atom is 0.261 e. The molecular weight excluding hydrogens is 246 g/mol. The molecule has 5 heteroatoms. The summed E-state index contributed by atoms with van der Waals surface area (Å²) in [5.41, 5.74) is -0.698. The number of thiophene rings is 1. The van der Waals surface area contributed by atoms with Crippen molar-refractivity contribution in [3.63, 3.8) is 0 Å². The van der Waals surface area contributed by atoms with E-state index in [1.54, 1.807) is 12.1 Å². The van der Waals surface area contributed by atoms with Gasteiger partial charge in [-0.25, -0.2) is 0 Å². The van der Waals surface area contributed by atoms with Crippen molar-refractivity contribution in [3.8, 4) is 0 Å². The van der Waals surface area contributed by atoms with Gasteiger partial charge in [0.1, 0.15) is 0 Å². The molecule has 0 radical (unpaired) electrons. The van der Waals surface area contributed by atoms with Gasteiger partial charge in [-0.3, -0.25) is 4.79 Å². The van der Waals surface area contributed by atoms with Gasteiger partial charge in [0.05, 0.1) is 14.8 Å². The lowest BCUT2D eigenvalue weighted by Crippen LogP contribution is -2.40. The van der Waals surface area contributed by atoms with Crippen molar-refractivity contribution < 1.29 is 9.90 Å². The smallest absolute Gasteiger partial charge is 0.261 e. The van der Waals surface area contributed by atoms with E-state index in [1.165, 1.54) is 11.3 Å². The minimum Gasteiger partial charge on any atom is -0.388 e. The molecule has 2 N–H and O–H groups in total. The highest BCUT2D eigenvalue weighted by molar-refractivity contribution is 7.17. The number of halogens is 1. The minimum atomic E-state index is -0.698. The van der Waals surface area contributed by atoms with Gasteiger partial charge in [-0.05, 0) is 25.0 Å². The van der Waals surface area contributed by atoms with E-state index in [0.717, 1.165) is 25.7 Å². The Morgan fingerprint density at radius 1 is 1.50 bits per heavy atom. The lowest BCUT2D eigenvalue weighted by Gasteiger charge is -2.21. The first-order chi connectivity index (χ1) is 7.59. The largest absolute Gasteiger partial charge is 0.388 e. The quantitative estimate of drug-likeness (QED) is 0.876. The van der Waals surface area contributed by atoms with E-state index < -0.39 is 5.60 Å². The van der Waals surface area contributed by atoms with Crippen LogP contribution in [0.1, 0.15) is 35.4 Å². The first kappa shape index (κ1) is 11.9. The fraction of sp³-hybridized carbons (Fsp3) is 0.545. The zero-order valence-electron chi connectivity index (χ0n) is 8.83. The predicted molar refractivity (Wildman–Crippen MR) is 65.1 cm³/mol. The molecule has 2 rings (SSSR count). The first-order valence-corrected chi connectivity index (χ1v) is 6.54. The minimum absolute atomic E-state index is 0.155. The SMILES string of the molecule is O=C(NCC1(O)CCCC1)c1ccc(Cl)s1. The molecule has 0 aromatic carbocycles. The Balaban J connectivity index is 1.88. The average Bonchev–Trinajstić information content (AvgIpc) is 2.85. The van der Waals surface area contributed by atoms with Crippen molar-refractivity contribution >= 4 is 28.8 Å². The molecule has 1 aliphatic carbocycles. The second-order valence-corrected chi connectivity index (χ2v) is 5.93. The van der Waals surface area contributed by atoms with E-state index in [0.29, 0.717) is 15.8 Å². The van der Waals surface area contributed by atoms with Crippen molar-refractivity contribution in [3.05, 3.63) is 21.3 Å². The maximum absolute atomic E-state index is 11.7. The van der Waals surface area contributed by atoms with Crippen LogP contribution in [0.25, 0.3) is 0 Å². The van der Waals surface area contributed by atoms with Gasteiger partial charge in [-0.1, -0.05) is 24.4 Å². The topological polar surface area (TPSA) is 49.3 Å². The van der Waals surface area contributed by atoms with Gasteiger partial charge >= 0.3 is 0 Å². The molecule has 0 spiro atoms. The molecule has 0 saturated heterocycles. The summed E-state index contributed by atoms with van der Waals surface area (Å²) in [6.07, 6.45) is 3.63. The fourth-order valence-electron chi connectivity index (χ4n) is 1.98. The van der Waals surface area contributed by atoms with Crippen LogP contribution in [0.15, 0.2) is 12.1 Å². The molecule has 16 heavy (non-hydrogen) atoms. The Hall–Kier alpha value is -0.580. The first-order valence-electron chi connectivity index (χ1n) is 5.35. The molecule has 1 saturated carbocycles. The summed E-state index contributed by atoms with van der Waals surface area (Å²) in [4.78, 5) is 12.3. The summed E-state index contributed by atoms with van der Waals surface area (Å²) in [7, 11) is 0. The monoisotopic (exact) mass is 259 g/mol. The zero-order chi connectivity index (χ0) is 11.6. The van der Waals surface area contributed by atoms with Gasteiger partial charge in [0, 0.05) is 6.54 Å². The highest BCUT2D eigenvalue weighted by Gasteiger charge is 2.31. The van der Waals surface area contributed by atoms with Crippen LogP contribution in [-0.2, 0) is 0 Å². The van der Waals surface area contributed by atoms with Gasteiger partial charge in [-0.15, -0.1) is 11.3 Å². The summed E-state index contributed by atoms with van der Waals surface area (Å²) in [5, 5.41) is 12.8. The number of aliphatic hydroxyl groups is 1. The Kier molecular flexibility index (Phi) is 3.52. The van der Waals surface area contributed by atoms with Gasteiger partial charge < -0.3 is 10.4 Å². The third kappa shape index (κ3) is 2.75. The number of carbonyl (C=O) groups is 1. The molecule has 1 fully saturated rings. The number of hydrogen-bond acceptors (Lipinski definition) is 3. The van der Waals surface area contributed by atoms with Gasteiger partial charge in [-0.2, -0.15) is 0 Å². The second kappa shape index (κ2) is 4.73. The normalized spacial score (nSPS) is 18.6. The standard InChI is InChI=1S/C11H14ClNO2S/c12-9-4-3-8(16-9)10(14)13-7-11(15)5-1-2-6-11/h3-4,15H,1-2,5-7H2,(H,13,14). The van der Waals surface area contributed by atoms with Crippen LogP contribution in [0.3, 0.4) is 0 Å². The molecule has 0 unspecified atom stereocenters. The summed E-state index contributed by atoms with van der Waals surface area (Å²) in [6.45, 7) is 0.335. The van der Waals surface area contributed by atoms with E-state index in [-0.39, 0.29) is 5.91 Å². The van der Waals surface area contributed by atoms with Crippen molar-refractivity contribution in [2.24, 2.45) is 0 Å². The van der Waals surface area contributed by atoms with Crippen LogP contribution < -0.4 is 5.32 Å². The number of nitrogens with one attached hydrogen (secondary N) is 1. The summed E-state index contributed by atoms with van der Waals surface area (Å²) < 4.78 is 0.602. The lowest BCUT2D eigenvalue weighted by atomic mass is 10.0. The molecule has 1 aromatic rings. The Bertz CT molecular complexity index is 385. The average molecular weight is 260 g/mol. The Morgan fingerprint density at radius 3 is 2.75 bits per heavy atom. The molecule has 0 bridgehead atoms. The molecule has 3 nitrogen and oxygen atoms in total. The summed E-state index contributed by atoms with van der Waals surface area (Å²) in [6, 6.07) is 3.40. The number of hydrogen-bond donors (Lipinski definition) is 2. The van der Waals surface area contributed by atoms with Crippen molar-refractivity contribution in [1.29, 1.82) is 0 Å². The molecule has 1 heterocycles. The number of rotatable bonds is 3. The highest BCUT2D eigenvalue weighted by Crippen LogP contribution is 2.29.